The Bertz CT molecular complexity index is 1450. The molecule has 0 bridgehead atoms. The number of fused-ring (bicyclic) bond motifs is 2. The second kappa shape index (κ2) is 7.82. The minimum absolute atomic E-state index is 0.0621. The first-order valence-electron chi connectivity index (χ1n) is 9.66. The number of nitrogens with one attached hydrogen (secondary N) is 2. The second-order valence-electron chi connectivity index (χ2n) is 7.07. The first kappa shape index (κ1) is 19.8. The Kier molecular flexibility index (Phi) is 4.84. The Hall–Kier alpha value is -4.17. The molecule has 2 N–H and O–H groups in total. The van der Waals surface area contributed by atoms with Gasteiger partial charge in [-0.15, -0.1) is 0 Å². The smallest absolute Gasteiger partial charge is 0.279 e. The average molecular weight is 447 g/mol. The molecule has 8 nitrogen and oxygen atoms in total. The van der Waals surface area contributed by atoms with Crippen LogP contribution in [0.2, 0.25) is 5.02 Å². The van der Waals surface area contributed by atoms with Crippen LogP contribution in [0.4, 0.5) is 11.4 Å². The summed E-state index contributed by atoms with van der Waals surface area (Å²) < 4.78 is 6.60. The lowest BCUT2D eigenvalue weighted by atomic mass is 10.1. The third kappa shape index (κ3) is 3.46. The number of carbonyl (C=O) groups excluding carboxylic acids is 2. The number of hydrogen-bond acceptors (Lipinski definition) is 5. The summed E-state index contributed by atoms with van der Waals surface area (Å²) in [6.07, 6.45) is 0. The largest absolute Gasteiger partial charge is 0.482 e. The number of nitrogens with zero attached hydrogens (tertiary/aromatic N) is 2. The van der Waals surface area contributed by atoms with Crippen LogP contribution in [-0.2, 0) is 4.79 Å². The Morgan fingerprint density at radius 3 is 2.53 bits per heavy atom. The van der Waals surface area contributed by atoms with Gasteiger partial charge < -0.3 is 15.4 Å². The summed E-state index contributed by atoms with van der Waals surface area (Å²) in [6, 6.07) is 18.7. The molecule has 158 valence electrons. The molecule has 4 aromatic rings. The van der Waals surface area contributed by atoms with Crippen molar-refractivity contribution < 1.29 is 14.3 Å². The maximum Gasteiger partial charge on any atom is 0.279 e. The molecular formula is C23H15ClN4O4. The number of hydrogen-bond donors (Lipinski definition) is 2. The molecule has 32 heavy (non-hydrogen) atoms. The van der Waals surface area contributed by atoms with Gasteiger partial charge in [0.15, 0.2) is 12.3 Å². The van der Waals surface area contributed by atoms with Crippen molar-refractivity contribution in [2.24, 2.45) is 0 Å². The van der Waals surface area contributed by atoms with Crippen molar-refractivity contribution in [2.45, 2.75) is 0 Å². The van der Waals surface area contributed by atoms with E-state index in [1.165, 1.54) is 16.8 Å². The van der Waals surface area contributed by atoms with Crippen molar-refractivity contribution >= 4 is 45.6 Å². The monoisotopic (exact) mass is 446 g/mol. The van der Waals surface area contributed by atoms with Gasteiger partial charge in [-0.2, -0.15) is 9.78 Å². The molecule has 0 saturated heterocycles. The quantitative estimate of drug-likeness (QED) is 0.500. The van der Waals surface area contributed by atoms with Crippen molar-refractivity contribution in [3.05, 3.63) is 87.8 Å². The molecule has 0 fully saturated rings. The summed E-state index contributed by atoms with van der Waals surface area (Å²) in [5.74, 6) is -0.451. The van der Waals surface area contributed by atoms with E-state index in [0.717, 1.165) is 0 Å². The minimum Gasteiger partial charge on any atom is -0.482 e. The molecule has 1 aliphatic rings. The van der Waals surface area contributed by atoms with Crippen molar-refractivity contribution in [1.29, 1.82) is 0 Å². The normalized spacial score (nSPS) is 12.6. The van der Waals surface area contributed by atoms with E-state index in [-0.39, 0.29) is 34.5 Å². The third-order valence-electron chi connectivity index (χ3n) is 4.97. The number of carbonyl (C=O) groups is 2. The average Bonchev–Trinajstić information content (AvgIpc) is 2.80. The van der Waals surface area contributed by atoms with Crippen LogP contribution in [0.3, 0.4) is 0 Å². The fourth-order valence-corrected chi connectivity index (χ4v) is 3.69. The van der Waals surface area contributed by atoms with E-state index in [4.69, 9.17) is 16.3 Å². The highest BCUT2D eigenvalue weighted by Gasteiger charge is 2.22. The number of ether oxygens (including phenoxy) is 1. The van der Waals surface area contributed by atoms with E-state index in [2.05, 4.69) is 15.7 Å². The highest BCUT2D eigenvalue weighted by molar-refractivity contribution is 6.34. The van der Waals surface area contributed by atoms with E-state index >= 15 is 0 Å². The van der Waals surface area contributed by atoms with Crippen LogP contribution >= 0.6 is 11.6 Å². The lowest BCUT2D eigenvalue weighted by Crippen LogP contribution is -2.27. The van der Waals surface area contributed by atoms with Gasteiger partial charge in [-0.25, -0.2) is 0 Å². The summed E-state index contributed by atoms with van der Waals surface area (Å²) >= 11 is 6.31. The van der Waals surface area contributed by atoms with Crippen LogP contribution < -0.4 is 20.9 Å². The summed E-state index contributed by atoms with van der Waals surface area (Å²) in [5, 5.41) is 10.7. The van der Waals surface area contributed by atoms with Gasteiger partial charge in [-0.05, 0) is 24.3 Å². The van der Waals surface area contributed by atoms with Gasteiger partial charge in [0.25, 0.3) is 17.4 Å². The van der Waals surface area contributed by atoms with Crippen molar-refractivity contribution in [3.8, 4) is 11.4 Å². The molecule has 0 radical (unpaired) electrons. The van der Waals surface area contributed by atoms with Gasteiger partial charge in [-0.3, -0.25) is 14.4 Å². The second-order valence-corrected chi connectivity index (χ2v) is 7.47. The first-order valence-corrected chi connectivity index (χ1v) is 10.0. The van der Waals surface area contributed by atoms with Crippen molar-refractivity contribution in [1.82, 2.24) is 9.78 Å². The number of aromatic nitrogens is 2. The van der Waals surface area contributed by atoms with Gasteiger partial charge in [0.05, 0.1) is 27.5 Å². The lowest BCUT2D eigenvalue weighted by molar-refractivity contribution is -0.118. The van der Waals surface area contributed by atoms with Gasteiger partial charge >= 0.3 is 0 Å². The van der Waals surface area contributed by atoms with Crippen LogP contribution in [-0.4, -0.2) is 28.2 Å². The molecule has 2 amide bonds. The lowest BCUT2D eigenvalue weighted by Gasteiger charge is -2.19. The van der Waals surface area contributed by atoms with Crippen LogP contribution in [0.25, 0.3) is 16.5 Å². The maximum atomic E-state index is 13.2. The van der Waals surface area contributed by atoms with E-state index in [0.29, 0.717) is 27.9 Å². The Labute approximate surface area is 186 Å². The van der Waals surface area contributed by atoms with Crippen LogP contribution in [0.15, 0.2) is 71.5 Å². The number of para-hydroxylation sites is 1. The molecule has 3 aromatic carbocycles. The molecule has 5 rings (SSSR count). The number of amides is 2. The zero-order chi connectivity index (χ0) is 22.2. The van der Waals surface area contributed by atoms with Crippen molar-refractivity contribution in [2.75, 3.05) is 17.2 Å². The molecule has 1 aromatic heterocycles. The Morgan fingerprint density at radius 1 is 1.03 bits per heavy atom. The summed E-state index contributed by atoms with van der Waals surface area (Å²) in [7, 11) is 0. The predicted octanol–water partition coefficient (Wildman–Crippen LogP) is 3.62. The van der Waals surface area contributed by atoms with E-state index in [1.807, 2.05) is 6.07 Å². The summed E-state index contributed by atoms with van der Waals surface area (Å²) in [6.45, 7) is -0.129. The number of benzene rings is 3. The molecule has 0 unspecified atom stereocenters. The Morgan fingerprint density at radius 2 is 1.75 bits per heavy atom. The zero-order valence-electron chi connectivity index (χ0n) is 16.5. The van der Waals surface area contributed by atoms with E-state index < -0.39 is 5.91 Å². The predicted molar refractivity (Wildman–Crippen MR) is 121 cm³/mol. The molecule has 0 aliphatic carbocycles. The standard InChI is InChI=1S/C23H15ClN4O4/c24-16-10-18-19(32-12-20(29)25-18)11-17(16)26-22(30)21-14-8-4-5-9-15(14)23(31)28(27-21)13-6-2-1-3-7-13/h1-11H,12H2,(H,25,29)(H,26,30). The van der Waals surface area contributed by atoms with Gasteiger partial charge in [0.1, 0.15) is 5.75 Å². The summed E-state index contributed by atoms with van der Waals surface area (Å²) in [4.78, 5) is 37.7. The van der Waals surface area contributed by atoms with Crippen LogP contribution in [0.5, 0.6) is 5.75 Å². The van der Waals surface area contributed by atoms with Crippen LogP contribution in [0.1, 0.15) is 10.5 Å². The molecule has 2 heterocycles. The van der Waals surface area contributed by atoms with Crippen molar-refractivity contribution in [3.63, 3.8) is 0 Å². The summed E-state index contributed by atoms with van der Waals surface area (Å²) in [5.41, 5.74) is 0.972. The van der Waals surface area contributed by atoms with E-state index in [9.17, 15) is 14.4 Å². The SMILES string of the molecule is O=C1COc2cc(NC(=O)c3nn(-c4ccccc4)c(=O)c4ccccc34)c(Cl)cc2N1. The fourth-order valence-electron chi connectivity index (χ4n) is 3.48. The minimum atomic E-state index is -0.549. The molecule has 0 spiro atoms. The molecule has 9 heteroatoms. The van der Waals surface area contributed by atoms with E-state index in [1.54, 1.807) is 48.5 Å². The number of rotatable bonds is 3. The first-order chi connectivity index (χ1) is 15.5. The van der Waals surface area contributed by atoms with Gasteiger partial charge in [-0.1, -0.05) is 48.0 Å². The molecular weight excluding hydrogens is 432 g/mol. The topological polar surface area (TPSA) is 102 Å². The highest BCUT2D eigenvalue weighted by atomic mass is 35.5. The van der Waals surface area contributed by atoms with Crippen LogP contribution in [0, 0.1) is 0 Å². The molecule has 1 aliphatic heterocycles. The molecule has 0 atom stereocenters. The highest BCUT2D eigenvalue weighted by Crippen LogP contribution is 2.36. The zero-order valence-corrected chi connectivity index (χ0v) is 17.2. The van der Waals surface area contributed by atoms with Gasteiger partial charge in [0, 0.05) is 11.5 Å². The Balaban J connectivity index is 1.59. The number of halogens is 1. The fraction of sp³-hybridized carbons (Fsp3) is 0.0435. The maximum absolute atomic E-state index is 13.2. The number of anilines is 2. The third-order valence-corrected chi connectivity index (χ3v) is 5.28. The molecule has 0 saturated carbocycles. The van der Waals surface area contributed by atoms with Gasteiger partial charge in [0.2, 0.25) is 0 Å².